The molecule has 0 amide bonds. The predicted molar refractivity (Wildman–Crippen MR) is 90.8 cm³/mol. The Morgan fingerprint density at radius 1 is 1.00 bits per heavy atom. The lowest BCUT2D eigenvalue weighted by Crippen LogP contribution is -2.42. The van der Waals surface area contributed by atoms with Crippen molar-refractivity contribution in [2.24, 2.45) is 5.92 Å². The first-order valence-corrected chi connectivity index (χ1v) is 7.71. The molecule has 4 rings (SSSR count). The summed E-state index contributed by atoms with van der Waals surface area (Å²) in [5.74, 6) is 0.706. The van der Waals surface area contributed by atoms with Gasteiger partial charge in [0, 0.05) is 5.56 Å². The standard InChI is InChI=1S/C19H19NO.ClH/c21-18-17-9-5-4-6-14(17)12-19(18,16-10-11-20-13-16)15-7-2-1-3-8-15;/h1-9,16,20H,10-13H2;1H. The largest absolute Gasteiger partial charge is 0.316 e. The molecule has 2 aromatic rings. The highest BCUT2D eigenvalue weighted by Gasteiger charge is 2.52. The summed E-state index contributed by atoms with van der Waals surface area (Å²) in [6.45, 7) is 1.96. The highest BCUT2D eigenvalue weighted by Crippen LogP contribution is 2.46. The van der Waals surface area contributed by atoms with Crippen molar-refractivity contribution in [3.63, 3.8) is 0 Å². The molecule has 1 fully saturated rings. The first-order chi connectivity index (χ1) is 10.3. The third kappa shape index (κ3) is 2.10. The molecular weight excluding hydrogens is 294 g/mol. The van der Waals surface area contributed by atoms with Gasteiger partial charge in [0.05, 0.1) is 5.41 Å². The SMILES string of the molecule is Cl.O=C1c2ccccc2CC1(c1ccccc1)C1CCNC1. The van der Waals surface area contributed by atoms with E-state index in [1.165, 1.54) is 11.1 Å². The molecule has 2 unspecified atom stereocenters. The molecular formula is C19H20ClNO. The summed E-state index contributed by atoms with van der Waals surface area (Å²) in [5, 5.41) is 3.44. The van der Waals surface area contributed by atoms with E-state index in [0.29, 0.717) is 11.7 Å². The summed E-state index contributed by atoms with van der Waals surface area (Å²) in [5.41, 5.74) is 2.94. The van der Waals surface area contributed by atoms with E-state index in [-0.39, 0.29) is 17.8 Å². The van der Waals surface area contributed by atoms with E-state index in [1.807, 2.05) is 24.3 Å². The van der Waals surface area contributed by atoms with Crippen molar-refractivity contribution in [2.45, 2.75) is 18.3 Å². The van der Waals surface area contributed by atoms with Gasteiger partial charge in [-0.25, -0.2) is 0 Å². The van der Waals surface area contributed by atoms with Gasteiger partial charge in [0.2, 0.25) is 0 Å². The highest BCUT2D eigenvalue weighted by molar-refractivity contribution is 6.08. The van der Waals surface area contributed by atoms with Crippen LogP contribution < -0.4 is 5.32 Å². The number of hydrogen-bond acceptors (Lipinski definition) is 2. The molecule has 2 atom stereocenters. The van der Waals surface area contributed by atoms with Crippen LogP contribution in [0.1, 0.15) is 27.9 Å². The molecule has 0 bridgehead atoms. The number of benzene rings is 2. The molecule has 1 heterocycles. The van der Waals surface area contributed by atoms with Crippen LogP contribution in [0.3, 0.4) is 0 Å². The van der Waals surface area contributed by atoms with Gasteiger partial charge in [-0.3, -0.25) is 4.79 Å². The number of Topliss-reactive ketones (excluding diaryl/α,β-unsaturated/α-hetero) is 1. The maximum atomic E-state index is 13.3. The second-order valence-corrected chi connectivity index (χ2v) is 6.19. The molecule has 0 spiro atoms. The van der Waals surface area contributed by atoms with Crippen molar-refractivity contribution in [3.8, 4) is 0 Å². The van der Waals surface area contributed by atoms with Crippen LogP contribution in [0.4, 0.5) is 0 Å². The molecule has 114 valence electrons. The summed E-state index contributed by atoms with van der Waals surface area (Å²) < 4.78 is 0. The summed E-state index contributed by atoms with van der Waals surface area (Å²) in [4.78, 5) is 13.3. The van der Waals surface area contributed by atoms with Gasteiger partial charge in [-0.15, -0.1) is 12.4 Å². The zero-order chi connectivity index (χ0) is 14.3. The van der Waals surface area contributed by atoms with Gasteiger partial charge in [0.15, 0.2) is 5.78 Å². The fourth-order valence-electron chi connectivity index (χ4n) is 4.13. The molecule has 2 aliphatic rings. The van der Waals surface area contributed by atoms with Crippen LogP contribution in [0.2, 0.25) is 0 Å². The zero-order valence-electron chi connectivity index (χ0n) is 12.4. The number of halogens is 1. The van der Waals surface area contributed by atoms with E-state index in [0.717, 1.165) is 31.5 Å². The van der Waals surface area contributed by atoms with Crippen LogP contribution in [0.25, 0.3) is 0 Å². The summed E-state index contributed by atoms with van der Waals surface area (Å²) >= 11 is 0. The molecule has 0 saturated carbocycles. The number of rotatable bonds is 2. The van der Waals surface area contributed by atoms with Crippen LogP contribution in [-0.2, 0) is 11.8 Å². The molecule has 0 aromatic heterocycles. The average molecular weight is 314 g/mol. The first-order valence-electron chi connectivity index (χ1n) is 7.71. The third-order valence-corrected chi connectivity index (χ3v) is 5.18. The van der Waals surface area contributed by atoms with Crippen LogP contribution in [0, 0.1) is 5.92 Å². The molecule has 2 aromatic carbocycles. The van der Waals surface area contributed by atoms with Crippen molar-refractivity contribution >= 4 is 18.2 Å². The van der Waals surface area contributed by atoms with Crippen molar-refractivity contribution in [1.29, 1.82) is 0 Å². The average Bonchev–Trinajstić information content (AvgIpc) is 3.16. The van der Waals surface area contributed by atoms with Crippen LogP contribution >= 0.6 is 12.4 Å². The smallest absolute Gasteiger partial charge is 0.174 e. The lowest BCUT2D eigenvalue weighted by Gasteiger charge is -2.34. The Hall–Kier alpha value is -1.64. The second-order valence-electron chi connectivity index (χ2n) is 6.19. The van der Waals surface area contributed by atoms with Gasteiger partial charge >= 0.3 is 0 Å². The minimum Gasteiger partial charge on any atom is -0.316 e. The predicted octanol–water partition coefficient (Wildman–Crippen LogP) is 3.39. The monoisotopic (exact) mass is 313 g/mol. The van der Waals surface area contributed by atoms with E-state index in [4.69, 9.17) is 0 Å². The minimum absolute atomic E-state index is 0. The normalized spacial score (nSPS) is 26.5. The molecule has 22 heavy (non-hydrogen) atoms. The number of hydrogen-bond donors (Lipinski definition) is 1. The molecule has 3 heteroatoms. The number of carbonyl (C=O) groups is 1. The fraction of sp³-hybridized carbons (Fsp3) is 0.316. The van der Waals surface area contributed by atoms with Crippen LogP contribution in [0.5, 0.6) is 0 Å². The van der Waals surface area contributed by atoms with Crippen molar-refractivity contribution in [2.75, 3.05) is 13.1 Å². The van der Waals surface area contributed by atoms with E-state index in [1.54, 1.807) is 0 Å². The molecule has 1 saturated heterocycles. The van der Waals surface area contributed by atoms with Crippen molar-refractivity contribution in [1.82, 2.24) is 5.32 Å². The van der Waals surface area contributed by atoms with E-state index >= 15 is 0 Å². The van der Waals surface area contributed by atoms with Crippen LogP contribution in [0.15, 0.2) is 54.6 Å². The number of carbonyl (C=O) groups excluding carboxylic acids is 1. The molecule has 0 radical (unpaired) electrons. The number of fused-ring (bicyclic) bond motifs is 1. The van der Waals surface area contributed by atoms with Gasteiger partial charge in [-0.05, 0) is 43.0 Å². The Bertz CT molecular complexity index is 679. The van der Waals surface area contributed by atoms with Crippen LogP contribution in [-0.4, -0.2) is 18.9 Å². The molecule has 1 N–H and O–H groups in total. The Kier molecular flexibility index (Phi) is 4.07. The maximum absolute atomic E-state index is 13.3. The molecule has 1 aliphatic carbocycles. The lowest BCUT2D eigenvalue weighted by atomic mass is 9.67. The van der Waals surface area contributed by atoms with Gasteiger partial charge in [-0.1, -0.05) is 54.6 Å². The van der Waals surface area contributed by atoms with Gasteiger partial charge < -0.3 is 5.32 Å². The lowest BCUT2D eigenvalue weighted by molar-refractivity contribution is 0.0849. The number of nitrogens with one attached hydrogen (secondary N) is 1. The highest BCUT2D eigenvalue weighted by atomic mass is 35.5. The number of ketones is 1. The quantitative estimate of drug-likeness (QED) is 0.920. The van der Waals surface area contributed by atoms with Gasteiger partial charge in [-0.2, -0.15) is 0 Å². The third-order valence-electron chi connectivity index (χ3n) is 5.18. The first kappa shape index (κ1) is 15.3. The van der Waals surface area contributed by atoms with Crippen molar-refractivity contribution < 1.29 is 4.79 Å². The summed E-state index contributed by atoms with van der Waals surface area (Å²) in [7, 11) is 0. The van der Waals surface area contributed by atoms with Crippen molar-refractivity contribution in [3.05, 3.63) is 71.3 Å². The fourth-order valence-corrected chi connectivity index (χ4v) is 4.13. The Labute approximate surface area is 137 Å². The second kappa shape index (κ2) is 5.86. The molecule has 1 aliphatic heterocycles. The minimum atomic E-state index is -0.367. The van der Waals surface area contributed by atoms with E-state index in [9.17, 15) is 4.79 Å². The maximum Gasteiger partial charge on any atom is 0.174 e. The van der Waals surface area contributed by atoms with Gasteiger partial charge in [0.25, 0.3) is 0 Å². The topological polar surface area (TPSA) is 29.1 Å². The Balaban J connectivity index is 0.00000144. The summed E-state index contributed by atoms with van der Waals surface area (Å²) in [6.07, 6.45) is 1.92. The Morgan fingerprint density at radius 2 is 1.73 bits per heavy atom. The van der Waals surface area contributed by atoms with E-state index < -0.39 is 0 Å². The summed E-state index contributed by atoms with van der Waals surface area (Å²) in [6, 6.07) is 18.5. The zero-order valence-corrected chi connectivity index (χ0v) is 13.2. The van der Waals surface area contributed by atoms with E-state index in [2.05, 4.69) is 35.6 Å². The molecule has 2 nitrogen and oxygen atoms in total. The van der Waals surface area contributed by atoms with Gasteiger partial charge in [0.1, 0.15) is 0 Å². The Morgan fingerprint density at radius 3 is 2.41 bits per heavy atom.